The van der Waals surface area contributed by atoms with Gasteiger partial charge in [0.2, 0.25) is 5.91 Å². The van der Waals surface area contributed by atoms with E-state index >= 15 is 0 Å². The molecule has 0 radical (unpaired) electrons. The van der Waals surface area contributed by atoms with Crippen LogP contribution in [0.25, 0.3) is 0 Å². The quantitative estimate of drug-likeness (QED) is 0.812. The van der Waals surface area contributed by atoms with Gasteiger partial charge in [-0.05, 0) is 6.07 Å². The number of likely N-dealkylation sites (N-methyl/N-ethyl adjacent to an activating group) is 1. The molecular weight excluding hydrogens is 279 g/mol. The third-order valence-corrected chi connectivity index (χ3v) is 2.26. The number of amides is 1. The molecule has 1 aromatic heterocycles. The van der Waals surface area contributed by atoms with Gasteiger partial charge >= 0.3 is 0 Å². The average Bonchev–Trinajstić information content (AvgIpc) is 2.78. The molecule has 1 rings (SSSR count). The summed E-state index contributed by atoms with van der Waals surface area (Å²) in [5.41, 5.74) is 5.64. The first-order chi connectivity index (χ1) is 7.65. The van der Waals surface area contributed by atoms with Crippen LogP contribution in [0.15, 0.2) is 18.5 Å². The standard InChI is InChI=1S/C10H18N4O2.2ClH/c1-13(10(15)9(11)8-16-2)6-7-14-5-3-4-12-14;;/h3-5,9H,6-8,11H2,1-2H3;2*1H. The highest BCUT2D eigenvalue weighted by Gasteiger charge is 2.17. The normalized spacial score (nSPS) is 11.1. The minimum Gasteiger partial charge on any atom is -0.383 e. The molecule has 0 aromatic carbocycles. The zero-order chi connectivity index (χ0) is 12.0. The first-order valence-corrected chi connectivity index (χ1v) is 5.12. The Morgan fingerprint density at radius 1 is 1.56 bits per heavy atom. The van der Waals surface area contributed by atoms with E-state index in [9.17, 15) is 4.79 Å². The van der Waals surface area contributed by atoms with Crippen LogP contribution in [-0.4, -0.2) is 53.9 Å². The lowest BCUT2D eigenvalue weighted by molar-refractivity contribution is -0.132. The van der Waals surface area contributed by atoms with Gasteiger partial charge in [0, 0.05) is 33.1 Å². The molecule has 0 aliphatic heterocycles. The Kier molecular flexibility index (Phi) is 11.0. The van der Waals surface area contributed by atoms with Gasteiger partial charge in [0.25, 0.3) is 0 Å². The number of halogens is 2. The van der Waals surface area contributed by atoms with Gasteiger partial charge < -0.3 is 15.4 Å². The van der Waals surface area contributed by atoms with Gasteiger partial charge in [0.15, 0.2) is 0 Å². The van der Waals surface area contributed by atoms with E-state index in [-0.39, 0.29) is 37.3 Å². The third-order valence-electron chi connectivity index (χ3n) is 2.26. The first-order valence-electron chi connectivity index (χ1n) is 5.12. The monoisotopic (exact) mass is 298 g/mol. The van der Waals surface area contributed by atoms with E-state index in [1.807, 2.05) is 12.3 Å². The predicted octanol–water partition coefficient (Wildman–Crippen LogP) is 0.159. The van der Waals surface area contributed by atoms with Crippen LogP contribution in [0.3, 0.4) is 0 Å². The summed E-state index contributed by atoms with van der Waals surface area (Å²) in [4.78, 5) is 13.3. The van der Waals surface area contributed by atoms with E-state index in [0.717, 1.165) is 0 Å². The van der Waals surface area contributed by atoms with Gasteiger partial charge in [0.05, 0.1) is 13.2 Å². The summed E-state index contributed by atoms with van der Waals surface area (Å²) >= 11 is 0. The molecule has 1 atom stereocenters. The van der Waals surface area contributed by atoms with Gasteiger partial charge in [-0.3, -0.25) is 9.48 Å². The van der Waals surface area contributed by atoms with Crippen molar-refractivity contribution < 1.29 is 9.53 Å². The maximum Gasteiger partial charge on any atom is 0.241 e. The molecule has 0 saturated heterocycles. The van der Waals surface area contributed by atoms with E-state index in [1.165, 1.54) is 7.11 Å². The number of hydrogen-bond donors (Lipinski definition) is 1. The Balaban J connectivity index is 0. The SMILES string of the molecule is COCC(N)C(=O)N(C)CCn1cccn1.Cl.Cl. The molecule has 0 fully saturated rings. The number of ether oxygens (including phenoxy) is 1. The topological polar surface area (TPSA) is 73.4 Å². The molecule has 106 valence electrons. The molecule has 0 spiro atoms. The molecule has 1 heterocycles. The van der Waals surface area contributed by atoms with Crippen LogP contribution < -0.4 is 5.73 Å². The fourth-order valence-electron chi connectivity index (χ4n) is 1.33. The van der Waals surface area contributed by atoms with E-state index in [1.54, 1.807) is 22.8 Å². The van der Waals surface area contributed by atoms with Gasteiger partial charge in [-0.1, -0.05) is 0 Å². The van der Waals surface area contributed by atoms with Crippen LogP contribution >= 0.6 is 24.8 Å². The summed E-state index contributed by atoms with van der Waals surface area (Å²) in [5.74, 6) is -0.117. The minimum atomic E-state index is -0.590. The van der Waals surface area contributed by atoms with Crippen LogP contribution in [0, 0.1) is 0 Å². The second kappa shape index (κ2) is 10.1. The summed E-state index contributed by atoms with van der Waals surface area (Å²) < 4.78 is 6.60. The van der Waals surface area contributed by atoms with Crippen molar-refractivity contribution >= 4 is 30.7 Å². The average molecular weight is 299 g/mol. The largest absolute Gasteiger partial charge is 0.383 e. The Morgan fingerprint density at radius 2 is 2.22 bits per heavy atom. The highest BCUT2D eigenvalue weighted by atomic mass is 35.5. The van der Waals surface area contributed by atoms with Crippen molar-refractivity contribution in [2.45, 2.75) is 12.6 Å². The fraction of sp³-hybridized carbons (Fsp3) is 0.600. The van der Waals surface area contributed by atoms with Crippen molar-refractivity contribution in [2.75, 3.05) is 27.3 Å². The lowest BCUT2D eigenvalue weighted by Crippen LogP contribution is -2.45. The summed E-state index contributed by atoms with van der Waals surface area (Å²) in [5, 5.41) is 4.05. The Hall–Kier alpha value is -0.820. The Labute approximate surface area is 119 Å². The molecule has 0 aliphatic carbocycles. The van der Waals surface area contributed by atoms with E-state index < -0.39 is 6.04 Å². The van der Waals surface area contributed by atoms with Crippen molar-refractivity contribution in [1.29, 1.82) is 0 Å². The maximum absolute atomic E-state index is 11.7. The van der Waals surface area contributed by atoms with E-state index in [2.05, 4.69) is 5.10 Å². The number of aromatic nitrogens is 2. The lowest BCUT2D eigenvalue weighted by atomic mass is 10.3. The van der Waals surface area contributed by atoms with Crippen molar-refractivity contribution in [1.82, 2.24) is 14.7 Å². The third kappa shape index (κ3) is 6.20. The molecule has 0 saturated carbocycles. The summed E-state index contributed by atoms with van der Waals surface area (Å²) in [6.07, 6.45) is 3.56. The number of carbonyl (C=O) groups excluding carboxylic acids is 1. The maximum atomic E-state index is 11.7. The molecule has 1 amide bonds. The van der Waals surface area contributed by atoms with Crippen molar-refractivity contribution in [2.24, 2.45) is 5.73 Å². The summed E-state index contributed by atoms with van der Waals surface area (Å²) in [6, 6.07) is 1.26. The number of carbonyl (C=O) groups is 1. The highest BCUT2D eigenvalue weighted by Crippen LogP contribution is 1.93. The van der Waals surface area contributed by atoms with Crippen LogP contribution in [0.5, 0.6) is 0 Å². The van der Waals surface area contributed by atoms with Crippen LogP contribution in [0.2, 0.25) is 0 Å². The number of nitrogens with two attached hydrogens (primary N) is 1. The van der Waals surface area contributed by atoms with Gasteiger partial charge in [-0.15, -0.1) is 24.8 Å². The summed E-state index contributed by atoms with van der Waals surface area (Å²) in [6.45, 7) is 1.48. The zero-order valence-electron chi connectivity index (χ0n) is 10.5. The molecule has 18 heavy (non-hydrogen) atoms. The first kappa shape index (κ1) is 19.5. The fourth-order valence-corrected chi connectivity index (χ4v) is 1.33. The van der Waals surface area contributed by atoms with Crippen LogP contribution in [0.1, 0.15) is 0 Å². The molecular formula is C10H20Cl2N4O2. The van der Waals surface area contributed by atoms with Crippen LogP contribution in [0.4, 0.5) is 0 Å². The van der Waals surface area contributed by atoms with Gasteiger partial charge in [-0.25, -0.2) is 0 Å². The molecule has 1 aromatic rings. The van der Waals surface area contributed by atoms with E-state index in [4.69, 9.17) is 10.5 Å². The Bertz CT molecular complexity index is 322. The Morgan fingerprint density at radius 3 is 2.72 bits per heavy atom. The number of nitrogens with zero attached hydrogens (tertiary/aromatic N) is 3. The van der Waals surface area contributed by atoms with Crippen molar-refractivity contribution in [3.8, 4) is 0 Å². The minimum absolute atomic E-state index is 0. The number of methoxy groups -OCH3 is 1. The second-order valence-corrected chi connectivity index (χ2v) is 3.59. The highest BCUT2D eigenvalue weighted by molar-refractivity contribution is 5.85. The van der Waals surface area contributed by atoms with Gasteiger partial charge in [0.1, 0.15) is 6.04 Å². The predicted molar refractivity (Wildman–Crippen MR) is 74.2 cm³/mol. The van der Waals surface area contributed by atoms with Gasteiger partial charge in [-0.2, -0.15) is 5.10 Å². The molecule has 6 nitrogen and oxygen atoms in total. The zero-order valence-corrected chi connectivity index (χ0v) is 12.1. The molecule has 8 heteroatoms. The second-order valence-electron chi connectivity index (χ2n) is 3.59. The number of rotatable bonds is 6. The lowest BCUT2D eigenvalue weighted by Gasteiger charge is -2.20. The molecule has 2 N–H and O–H groups in total. The van der Waals surface area contributed by atoms with Crippen molar-refractivity contribution in [3.63, 3.8) is 0 Å². The summed E-state index contributed by atoms with van der Waals surface area (Å²) in [7, 11) is 3.25. The van der Waals surface area contributed by atoms with E-state index in [0.29, 0.717) is 13.1 Å². The molecule has 1 unspecified atom stereocenters. The molecule has 0 aliphatic rings. The number of hydrogen-bond acceptors (Lipinski definition) is 4. The smallest absolute Gasteiger partial charge is 0.241 e. The molecule has 0 bridgehead atoms. The van der Waals surface area contributed by atoms with Crippen LogP contribution in [-0.2, 0) is 16.1 Å². The van der Waals surface area contributed by atoms with Crippen molar-refractivity contribution in [3.05, 3.63) is 18.5 Å².